The number of hydrogen-bond donors (Lipinski definition) is 0. The minimum absolute atomic E-state index is 0.252. The molecule has 4 aromatic carbocycles. The fraction of sp³-hybridized carbons (Fsp3) is 0.121. The van der Waals surface area contributed by atoms with Crippen LogP contribution in [0.15, 0.2) is 97.1 Å². The van der Waals surface area contributed by atoms with E-state index in [9.17, 15) is 18.8 Å². The van der Waals surface area contributed by atoms with Gasteiger partial charge in [0.2, 0.25) is 0 Å². The van der Waals surface area contributed by atoms with Crippen LogP contribution in [0.4, 0.5) is 10.1 Å². The van der Waals surface area contributed by atoms with Crippen LogP contribution in [-0.2, 0) is 0 Å². The monoisotopic (exact) mass is 567 g/mol. The van der Waals surface area contributed by atoms with Crippen molar-refractivity contribution >= 4 is 52.3 Å². The van der Waals surface area contributed by atoms with Gasteiger partial charge in [-0.2, -0.15) is 0 Å². The van der Waals surface area contributed by atoms with E-state index < -0.39 is 29.2 Å². The lowest BCUT2D eigenvalue weighted by atomic mass is 9.64. The second-order valence-corrected chi connectivity index (χ2v) is 11.1. The minimum Gasteiger partial charge on any atom is -0.352 e. The number of carbonyl (C=O) groups excluding carboxylic acids is 3. The molecule has 0 unspecified atom stereocenters. The standard InChI is InChI=1S/C33H20Cl2FNO3/c34-20-12-15-24(25(35)17-20)28-29(30(38)19-9-13-21(36)14-10-19)37-26-8-4-1-5-18(26)11-16-27(37)33(28)31(39)22-6-2-3-7-23(22)32(33)40/h1-17,27-29H/t27-,28-,29-/m0/s1. The Bertz CT molecular complexity index is 1750. The Labute approximate surface area is 239 Å². The number of anilines is 1. The molecule has 1 spiro atoms. The number of hydrogen-bond acceptors (Lipinski definition) is 4. The van der Waals surface area contributed by atoms with Crippen LogP contribution in [0.25, 0.3) is 6.08 Å². The van der Waals surface area contributed by atoms with Crippen molar-refractivity contribution in [2.24, 2.45) is 5.41 Å². The van der Waals surface area contributed by atoms with E-state index in [0.29, 0.717) is 21.7 Å². The van der Waals surface area contributed by atoms with Gasteiger partial charge in [0.15, 0.2) is 17.3 Å². The summed E-state index contributed by atoms with van der Waals surface area (Å²) >= 11 is 13.1. The van der Waals surface area contributed by atoms with Gasteiger partial charge in [-0.05, 0) is 53.6 Å². The highest BCUT2D eigenvalue weighted by Crippen LogP contribution is 2.61. The predicted octanol–water partition coefficient (Wildman–Crippen LogP) is 7.45. The highest BCUT2D eigenvalue weighted by Gasteiger charge is 2.71. The molecule has 2 heterocycles. The molecule has 2 aliphatic heterocycles. The van der Waals surface area contributed by atoms with E-state index in [2.05, 4.69) is 0 Å². The van der Waals surface area contributed by atoms with Crippen molar-refractivity contribution in [3.05, 3.63) is 141 Å². The van der Waals surface area contributed by atoms with Crippen LogP contribution in [0.1, 0.15) is 48.1 Å². The number of fused-ring (bicyclic) bond motifs is 5. The maximum absolute atomic E-state index is 14.6. The smallest absolute Gasteiger partial charge is 0.185 e. The molecule has 0 saturated carbocycles. The predicted molar refractivity (Wildman–Crippen MR) is 153 cm³/mol. The Morgan fingerprint density at radius 3 is 2.15 bits per heavy atom. The topological polar surface area (TPSA) is 54.5 Å². The van der Waals surface area contributed by atoms with Crippen molar-refractivity contribution < 1.29 is 18.8 Å². The van der Waals surface area contributed by atoms with Gasteiger partial charge in [-0.15, -0.1) is 0 Å². The fourth-order valence-electron chi connectivity index (χ4n) is 6.80. The summed E-state index contributed by atoms with van der Waals surface area (Å²) in [5, 5.41) is 0.639. The SMILES string of the molecule is O=C(c1ccc(F)cc1)[C@@H]1[C@H](c2ccc(Cl)cc2Cl)C2(C(=O)c3ccccc3C2=O)[C@@H]2C=Cc3ccccc3N12. The van der Waals surface area contributed by atoms with E-state index in [-0.39, 0.29) is 27.9 Å². The highest BCUT2D eigenvalue weighted by molar-refractivity contribution is 6.36. The van der Waals surface area contributed by atoms with Crippen LogP contribution in [0.5, 0.6) is 0 Å². The molecule has 0 radical (unpaired) electrons. The number of nitrogens with zero attached hydrogens (tertiary/aromatic N) is 1. The number of benzene rings is 4. The Balaban J connectivity index is 1.56. The van der Waals surface area contributed by atoms with Crippen LogP contribution < -0.4 is 4.90 Å². The van der Waals surface area contributed by atoms with Crippen molar-refractivity contribution in [2.75, 3.05) is 4.90 Å². The fourth-order valence-corrected chi connectivity index (χ4v) is 7.33. The summed E-state index contributed by atoms with van der Waals surface area (Å²) in [5.74, 6) is -2.49. The van der Waals surface area contributed by atoms with Gasteiger partial charge in [0, 0.05) is 38.3 Å². The van der Waals surface area contributed by atoms with Crippen molar-refractivity contribution in [1.29, 1.82) is 0 Å². The summed E-state index contributed by atoms with van der Waals surface area (Å²) < 4.78 is 13.9. The maximum Gasteiger partial charge on any atom is 0.185 e. The van der Waals surface area contributed by atoms with Gasteiger partial charge in [-0.1, -0.05) is 83.9 Å². The van der Waals surface area contributed by atoms with E-state index in [1.54, 1.807) is 42.5 Å². The molecule has 196 valence electrons. The number of rotatable bonds is 3. The lowest BCUT2D eigenvalue weighted by molar-refractivity contribution is 0.0666. The summed E-state index contributed by atoms with van der Waals surface area (Å²) in [6.07, 6.45) is 3.74. The molecule has 3 atom stereocenters. The summed E-state index contributed by atoms with van der Waals surface area (Å²) in [6.45, 7) is 0. The first kappa shape index (κ1) is 24.9. The number of halogens is 3. The van der Waals surface area contributed by atoms with Crippen molar-refractivity contribution in [3.63, 3.8) is 0 Å². The molecular weight excluding hydrogens is 548 g/mol. The largest absolute Gasteiger partial charge is 0.352 e. The molecule has 1 fully saturated rings. The zero-order chi connectivity index (χ0) is 27.8. The second-order valence-electron chi connectivity index (χ2n) is 10.3. The van der Waals surface area contributed by atoms with Crippen molar-refractivity contribution in [3.8, 4) is 0 Å². The van der Waals surface area contributed by atoms with Crippen LogP contribution in [0.2, 0.25) is 10.0 Å². The number of ketones is 3. The second kappa shape index (κ2) is 8.98. The molecule has 3 aliphatic rings. The van der Waals surface area contributed by atoms with E-state index >= 15 is 0 Å². The molecule has 0 amide bonds. The van der Waals surface area contributed by atoms with E-state index in [4.69, 9.17) is 23.2 Å². The third-order valence-corrected chi connectivity index (χ3v) is 8.97. The molecule has 40 heavy (non-hydrogen) atoms. The average Bonchev–Trinajstić information content (AvgIpc) is 3.39. The van der Waals surface area contributed by atoms with Crippen LogP contribution in [-0.4, -0.2) is 29.4 Å². The lowest BCUT2D eigenvalue weighted by Gasteiger charge is -2.37. The van der Waals surface area contributed by atoms with Gasteiger partial charge in [0.25, 0.3) is 0 Å². The molecule has 1 saturated heterocycles. The maximum atomic E-state index is 14.6. The molecule has 4 nitrogen and oxygen atoms in total. The zero-order valence-electron chi connectivity index (χ0n) is 20.9. The van der Waals surface area contributed by atoms with Crippen LogP contribution in [0.3, 0.4) is 0 Å². The molecule has 7 rings (SSSR count). The normalized spacial score (nSPS) is 21.9. The lowest BCUT2D eigenvalue weighted by Crippen LogP contribution is -2.48. The minimum atomic E-state index is -1.68. The molecule has 7 heteroatoms. The number of para-hydroxylation sites is 1. The van der Waals surface area contributed by atoms with Gasteiger partial charge >= 0.3 is 0 Å². The van der Waals surface area contributed by atoms with Crippen LogP contribution >= 0.6 is 23.2 Å². The summed E-state index contributed by atoms with van der Waals surface area (Å²) in [6, 6.07) is 22.7. The number of carbonyl (C=O) groups is 3. The van der Waals surface area contributed by atoms with Gasteiger partial charge in [-0.3, -0.25) is 14.4 Å². The van der Waals surface area contributed by atoms with Crippen molar-refractivity contribution in [2.45, 2.75) is 18.0 Å². The molecule has 4 aromatic rings. The van der Waals surface area contributed by atoms with Crippen molar-refractivity contribution in [1.82, 2.24) is 0 Å². The summed E-state index contributed by atoms with van der Waals surface area (Å²) in [5.41, 5.74) is 1.28. The molecule has 0 bridgehead atoms. The number of Topliss-reactive ketones (excluding diaryl/α,β-unsaturated/α-hetero) is 3. The summed E-state index contributed by atoms with van der Waals surface area (Å²) in [7, 11) is 0. The molecular formula is C33H20Cl2FNO3. The van der Waals surface area contributed by atoms with Crippen LogP contribution in [0, 0.1) is 11.2 Å². The van der Waals surface area contributed by atoms with Gasteiger partial charge in [-0.25, -0.2) is 4.39 Å². The van der Waals surface area contributed by atoms with Gasteiger partial charge in [0.05, 0.1) is 6.04 Å². The van der Waals surface area contributed by atoms with E-state index in [0.717, 1.165) is 11.3 Å². The van der Waals surface area contributed by atoms with Gasteiger partial charge in [0.1, 0.15) is 17.3 Å². The van der Waals surface area contributed by atoms with E-state index in [1.807, 2.05) is 41.3 Å². The quantitative estimate of drug-likeness (QED) is 0.190. The summed E-state index contributed by atoms with van der Waals surface area (Å²) in [4.78, 5) is 45.6. The third kappa shape index (κ3) is 3.28. The van der Waals surface area contributed by atoms with E-state index in [1.165, 1.54) is 24.3 Å². The molecule has 1 aliphatic carbocycles. The molecule has 0 N–H and O–H groups in total. The molecule has 0 aromatic heterocycles. The average molecular weight is 568 g/mol. The highest BCUT2D eigenvalue weighted by atomic mass is 35.5. The first-order valence-corrected chi connectivity index (χ1v) is 13.6. The Hall–Kier alpha value is -4.06. The first-order valence-electron chi connectivity index (χ1n) is 12.8. The van der Waals surface area contributed by atoms with Gasteiger partial charge < -0.3 is 4.90 Å². The Kier molecular flexibility index (Phi) is 5.60. The zero-order valence-corrected chi connectivity index (χ0v) is 22.4. The Morgan fingerprint density at radius 1 is 0.825 bits per heavy atom. The third-order valence-electron chi connectivity index (χ3n) is 8.41. The Morgan fingerprint density at radius 2 is 1.48 bits per heavy atom. The first-order chi connectivity index (χ1) is 19.3.